The van der Waals surface area contributed by atoms with E-state index in [4.69, 9.17) is 12.2 Å². The van der Waals surface area contributed by atoms with E-state index in [-0.39, 0.29) is 36.4 Å². The van der Waals surface area contributed by atoms with Crippen LogP contribution in [0.5, 0.6) is 0 Å². The number of hydrogen-bond acceptors (Lipinski definition) is 4. The molecule has 1 heterocycles. The highest BCUT2D eigenvalue weighted by Gasteiger charge is 2.35. The van der Waals surface area contributed by atoms with Crippen LogP contribution >= 0.6 is 0 Å². The summed E-state index contributed by atoms with van der Waals surface area (Å²) in [6, 6.07) is -0.305. The second-order valence-corrected chi connectivity index (χ2v) is 7.68. The molecule has 0 aliphatic carbocycles. The van der Waals surface area contributed by atoms with Crippen LogP contribution in [0.2, 0.25) is 0 Å². The molecular formula is C12H20N2O3S. The Balaban J connectivity index is 2.78. The average Bonchev–Trinajstić information content (AvgIpc) is 2.52. The van der Waals surface area contributed by atoms with E-state index in [1.165, 1.54) is 4.90 Å². The van der Waals surface area contributed by atoms with Gasteiger partial charge in [-0.05, 0) is 20.3 Å². The molecule has 1 unspecified atom stereocenters. The average molecular weight is 272 g/mol. The van der Waals surface area contributed by atoms with Crippen molar-refractivity contribution in [3.8, 4) is 12.3 Å². The van der Waals surface area contributed by atoms with Crippen LogP contribution in [0, 0.1) is 12.3 Å². The highest BCUT2D eigenvalue weighted by Crippen LogP contribution is 2.19. The lowest BCUT2D eigenvalue weighted by atomic mass is 10.0. The zero-order valence-electron chi connectivity index (χ0n) is 10.8. The molecule has 1 aliphatic heterocycles. The van der Waals surface area contributed by atoms with Crippen LogP contribution in [0.15, 0.2) is 0 Å². The van der Waals surface area contributed by atoms with Gasteiger partial charge in [-0.2, -0.15) is 0 Å². The fourth-order valence-corrected chi connectivity index (χ4v) is 3.76. The van der Waals surface area contributed by atoms with Crippen molar-refractivity contribution in [2.45, 2.75) is 38.3 Å². The largest absolute Gasteiger partial charge is 0.327 e. The first-order chi connectivity index (χ1) is 8.14. The van der Waals surface area contributed by atoms with Crippen LogP contribution < -0.4 is 5.73 Å². The molecule has 1 saturated heterocycles. The molecule has 102 valence electrons. The molecule has 1 amide bonds. The summed E-state index contributed by atoms with van der Waals surface area (Å²) in [4.78, 5) is 13.6. The van der Waals surface area contributed by atoms with Gasteiger partial charge < -0.3 is 10.6 Å². The van der Waals surface area contributed by atoms with Crippen molar-refractivity contribution in [2.24, 2.45) is 5.73 Å². The number of nitrogens with zero attached hydrogens (tertiary/aromatic N) is 1. The summed E-state index contributed by atoms with van der Waals surface area (Å²) in [6.07, 6.45) is 5.86. The Morgan fingerprint density at radius 2 is 2.17 bits per heavy atom. The van der Waals surface area contributed by atoms with Crippen molar-refractivity contribution in [1.82, 2.24) is 4.90 Å². The molecule has 0 aromatic heterocycles. The Hall–Kier alpha value is -1.06. The first kappa shape index (κ1) is 15.0. The molecular weight excluding hydrogens is 252 g/mol. The van der Waals surface area contributed by atoms with Crippen LogP contribution in [0.25, 0.3) is 0 Å². The molecule has 1 aliphatic rings. The third kappa shape index (κ3) is 4.31. The lowest BCUT2D eigenvalue weighted by molar-refractivity contribution is -0.133. The Morgan fingerprint density at radius 3 is 2.56 bits per heavy atom. The van der Waals surface area contributed by atoms with Gasteiger partial charge in [0.15, 0.2) is 9.84 Å². The molecule has 0 bridgehead atoms. The molecule has 1 fully saturated rings. The molecule has 18 heavy (non-hydrogen) atoms. The van der Waals surface area contributed by atoms with E-state index in [2.05, 4.69) is 5.92 Å². The maximum absolute atomic E-state index is 12.1. The van der Waals surface area contributed by atoms with E-state index < -0.39 is 15.4 Å². The van der Waals surface area contributed by atoms with Crippen molar-refractivity contribution in [3.63, 3.8) is 0 Å². The SMILES string of the molecule is C#CCN(C(=O)CC(C)(C)N)C1CCS(=O)(=O)C1. The number of carbonyl (C=O) groups excluding carboxylic acids is 1. The normalized spacial score (nSPS) is 22.4. The topological polar surface area (TPSA) is 80.5 Å². The zero-order valence-corrected chi connectivity index (χ0v) is 11.7. The van der Waals surface area contributed by atoms with Gasteiger partial charge in [-0.1, -0.05) is 5.92 Å². The first-order valence-electron chi connectivity index (χ1n) is 5.87. The highest BCUT2D eigenvalue weighted by atomic mass is 32.2. The summed E-state index contributed by atoms with van der Waals surface area (Å²) in [5.74, 6) is 2.36. The molecule has 1 atom stereocenters. The number of sulfone groups is 1. The van der Waals surface area contributed by atoms with Gasteiger partial charge in [0.05, 0.1) is 18.1 Å². The van der Waals surface area contributed by atoms with E-state index in [9.17, 15) is 13.2 Å². The smallest absolute Gasteiger partial charge is 0.225 e. The van der Waals surface area contributed by atoms with E-state index in [1.54, 1.807) is 13.8 Å². The number of terminal acetylenes is 1. The number of rotatable bonds is 4. The van der Waals surface area contributed by atoms with E-state index in [1.807, 2.05) is 0 Å². The summed E-state index contributed by atoms with van der Waals surface area (Å²) in [5, 5.41) is 0. The monoisotopic (exact) mass is 272 g/mol. The lowest BCUT2D eigenvalue weighted by Gasteiger charge is -2.29. The van der Waals surface area contributed by atoms with Crippen LogP contribution in [0.4, 0.5) is 0 Å². The molecule has 6 heteroatoms. The quantitative estimate of drug-likeness (QED) is 0.716. The van der Waals surface area contributed by atoms with Crippen LogP contribution in [-0.4, -0.2) is 48.9 Å². The standard InChI is InChI=1S/C12H20N2O3S/c1-4-6-14(11(15)8-12(2,3)13)10-5-7-18(16,17)9-10/h1,10H,5-9,13H2,2-3H3. The predicted molar refractivity (Wildman–Crippen MR) is 70.5 cm³/mol. The molecule has 0 aromatic rings. The Bertz CT molecular complexity index is 457. The summed E-state index contributed by atoms with van der Waals surface area (Å²) in [7, 11) is -3.03. The van der Waals surface area contributed by atoms with Crippen molar-refractivity contribution in [3.05, 3.63) is 0 Å². The third-order valence-electron chi connectivity index (χ3n) is 2.84. The third-order valence-corrected chi connectivity index (χ3v) is 4.59. The minimum absolute atomic E-state index is 0.00538. The van der Waals surface area contributed by atoms with E-state index in [0.29, 0.717) is 6.42 Å². The van der Waals surface area contributed by atoms with Crippen molar-refractivity contribution in [2.75, 3.05) is 18.1 Å². The molecule has 5 nitrogen and oxygen atoms in total. The molecule has 1 rings (SSSR count). The summed E-state index contributed by atoms with van der Waals surface area (Å²) >= 11 is 0. The fraction of sp³-hybridized carbons (Fsp3) is 0.750. The zero-order chi connectivity index (χ0) is 14.0. The minimum atomic E-state index is -3.03. The number of hydrogen-bond donors (Lipinski definition) is 1. The van der Waals surface area contributed by atoms with Crippen molar-refractivity contribution >= 4 is 15.7 Å². The van der Waals surface area contributed by atoms with E-state index in [0.717, 1.165) is 0 Å². The summed E-state index contributed by atoms with van der Waals surface area (Å²) in [5.41, 5.74) is 5.18. The van der Waals surface area contributed by atoms with Gasteiger partial charge in [0.2, 0.25) is 5.91 Å². The van der Waals surface area contributed by atoms with Gasteiger partial charge in [0.1, 0.15) is 0 Å². The Labute approximate surface area is 109 Å². The molecule has 0 spiro atoms. The molecule has 0 aromatic carbocycles. The molecule has 0 radical (unpaired) electrons. The summed E-state index contributed by atoms with van der Waals surface area (Å²) in [6.45, 7) is 3.64. The molecule has 2 N–H and O–H groups in total. The minimum Gasteiger partial charge on any atom is -0.327 e. The van der Waals surface area contributed by atoms with Gasteiger partial charge in [-0.3, -0.25) is 4.79 Å². The fourth-order valence-electron chi connectivity index (χ4n) is 2.03. The van der Waals surface area contributed by atoms with Gasteiger partial charge in [0.25, 0.3) is 0 Å². The number of amides is 1. The second-order valence-electron chi connectivity index (χ2n) is 5.45. The van der Waals surface area contributed by atoms with Crippen molar-refractivity contribution < 1.29 is 13.2 Å². The predicted octanol–water partition coefficient (Wildman–Crippen LogP) is -0.237. The summed E-state index contributed by atoms with van der Waals surface area (Å²) < 4.78 is 22.9. The van der Waals surface area contributed by atoms with Crippen LogP contribution in [0.3, 0.4) is 0 Å². The Morgan fingerprint density at radius 1 is 1.56 bits per heavy atom. The highest BCUT2D eigenvalue weighted by molar-refractivity contribution is 7.91. The van der Waals surface area contributed by atoms with Crippen LogP contribution in [0.1, 0.15) is 26.7 Å². The molecule has 0 saturated carbocycles. The maximum atomic E-state index is 12.1. The van der Waals surface area contributed by atoms with Gasteiger partial charge in [-0.15, -0.1) is 6.42 Å². The lowest BCUT2D eigenvalue weighted by Crippen LogP contribution is -2.46. The van der Waals surface area contributed by atoms with Crippen LogP contribution in [-0.2, 0) is 14.6 Å². The van der Waals surface area contributed by atoms with E-state index >= 15 is 0 Å². The number of carbonyl (C=O) groups is 1. The second kappa shape index (κ2) is 5.29. The maximum Gasteiger partial charge on any atom is 0.225 e. The van der Waals surface area contributed by atoms with Gasteiger partial charge >= 0.3 is 0 Å². The van der Waals surface area contributed by atoms with Gasteiger partial charge in [-0.25, -0.2) is 8.42 Å². The van der Waals surface area contributed by atoms with Gasteiger partial charge in [0, 0.05) is 18.0 Å². The van der Waals surface area contributed by atoms with Crippen molar-refractivity contribution in [1.29, 1.82) is 0 Å². The number of nitrogens with two attached hydrogens (primary N) is 1. The Kier molecular flexibility index (Phi) is 4.41. The first-order valence-corrected chi connectivity index (χ1v) is 7.69.